The number of rotatable bonds is 7. The average molecular weight is 372 g/mol. The van der Waals surface area contributed by atoms with E-state index in [0.717, 1.165) is 16.9 Å². The summed E-state index contributed by atoms with van der Waals surface area (Å²) in [6.07, 6.45) is 0. The van der Waals surface area contributed by atoms with Crippen molar-refractivity contribution in [1.82, 2.24) is 10.6 Å². The number of methoxy groups -OCH3 is 1. The SMILES string of the molecule is CCOc1ccc(CNC(=O)NCc2ccc3c(c2)OCCO3)cc1OC. The normalized spacial score (nSPS) is 12.2. The quantitative estimate of drug-likeness (QED) is 0.781. The molecule has 3 rings (SSSR count). The Bertz CT molecular complexity index is 794. The number of carbonyl (C=O) groups is 1. The molecular weight excluding hydrogens is 348 g/mol. The Kier molecular flexibility index (Phi) is 6.25. The Morgan fingerprint density at radius 2 is 1.63 bits per heavy atom. The van der Waals surface area contributed by atoms with Crippen LogP contribution in [0.1, 0.15) is 18.1 Å². The van der Waals surface area contributed by atoms with E-state index in [4.69, 9.17) is 18.9 Å². The van der Waals surface area contributed by atoms with E-state index in [1.807, 2.05) is 43.3 Å². The van der Waals surface area contributed by atoms with Gasteiger partial charge in [0.05, 0.1) is 13.7 Å². The molecule has 0 spiro atoms. The molecule has 0 saturated heterocycles. The van der Waals surface area contributed by atoms with Crippen LogP contribution in [0, 0.1) is 0 Å². The average Bonchev–Trinajstić information content (AvgIpc) is 2.71. The van der Waals surface area contributed by atoms with Crippen molar-refractivity contribution in [3.63, 3.8) is 0 Å². The van der Waals surface area contributed by atoms with Crippen LogP contribution < -0.4 is 29.6 Å². The Balaban J connectivity index is 1.50. The van der Waals surface area contributed by atoms with Gasteiger partial charge in [0, 0.05) is 13.1 Å². The molecule has 1 heterocycles. The third kappa shape index (κ3) is 4.97. The second-order valence-corrected chi connectivity index (χ2v) is 5.93. The first-order valence-electron chi connectivity index (χ1n) is 8.89. The van der Waals surface area contributed by atoms with Crippen LogP contribution in [0.5, 0.6) is 23.0 Å². The minimum absolute atomic E-state index is 0.252. The van der Waals surface area contributed by atoms with Crippen LogP contribution in [0.3, 0.4) is 0 Å². The largest absolute Gasteiger partial charge is 0.493 e. The zero-order chi connectivity index (χ0) is 19.1. The lowest BCUT2D eigenvalue weighted by atomic mass is 10.2. The number of benzene rings is 2. The van der Waals surface area contributed by atoms with Crippen LogP contribution in [0.25, 0.3) is 0 Å². The number of carbonyl (C=O) groups excluding carboxylic acids is 1. The Hall–Kier alpha value is -3.09. The van der Waals surface area contributed by atoms with Gasteiger partial charge in [-0.1, -0.05) is 12.1 Å². The molecule has 2 aromatic rings. The van der Waals surface area contributed by atoms with Crippen LogP contribution in [-0.4, -0.2) is 33.0 Å². The first kappa shape index (κ1) is 18.7. The zero-order valence-corrected chi connectivity index (χ0v) is 15.5. The monoisotopic (exact) mass is 372 g/mol. The van der Waals surface area contributed by atoms with Crippen molar-refractivity contribution in [2.24, 2.45) is 0 Å². The summed E-state index contributed by atoms with van der Waals surface area (Å²) in [5.74, 6) is 2.78. The van der Waals surface area contributed by atoms with E-state index >= 15 is 0 Å². The molecule has 0 bridgehead atoms. The maximum atomic E-state index is 12.1. The predicted molar refractivity (Wildman–Crippen MR) is 101 cm³/mol. The van der Waals surface area contributed by atoms with Gasteiger partial charge in [0.2, 0.25) is 0 Å². The molecule has 0 atom stereocenters. The van der Waals surface area contributed by atoms with Gasteiger partial charge in [0.15, 0.2) is 23.0 Å². The number of ether oxygens (including phenoxy) is 4. The fourth-order valence-corrected chi connectivity index (χ4v) is 2.72. The van der Waals surface area contributed by atoms with Crippen molar-refractivity contribution in [3.8, 4) is 23.0 Å². The first-order chi connectivity index (χ1) is 13.2. The molecule has 0 radical (unpaired) electrons. The van der Waals surface area contributed by atoms with Gasteiger partial charge in [-0.05, 0) is 42.3 Å². The second kappa shape index (κ2) is 9.02. The molecule has 27 heavy (non-hydrogen) atoms. The van der Waals surface area contributed by atoms with Gasteiger partial charge in [-0.15, -0.1) is 0 Å². The molecule has 2 N–H and O–H groups in total. The van der Waals surface area contributed by atoms with E-state index in [1.165, 1.54) is 0 Å². The van der Waals surface area contributed by atoms with E-state index in [0.29, 0.717) is 50.2 Å². The van der Waals surface area contributed by atoms with E-state index in [9.17, 15) is 4.79 Å². The van der Waals surface area contributed by atoms with E-state index in [2.05, 4.69) is 10.6 Å². The van der Waals surface area contributed by atoms with E-state index in [1.54, 1.807) is 7.11 Å². The predicted octanol–water partition coefficient (Wildman–Crippen LogP) is 2.86. The summed E-state index contributed by atoms with van der Waals surface area (Å²) >= 11 is 0. The summed E-state index contributed by atoms with van der Waals surface area (Å²) in [4.78, 5) is 12.1. The molecule has 1 aliphatic rings. The van der Waals surface area contributed by atoms with Crippen LogP contribution in [-0.2, 0) is 13.1 Å². The minimum atomic E-state index is -0.252. The van der Waals surface area contributed by atoms with Crippen molar-refractivity contribution in [1.29, 1.82) is 0 Å². The molecule has 0 fully saturated rings. The third-order valence-electron chi connectivity index (χ3n) is 4.04. The maximum Gasteiger partial charge on any atom is 0.315 e. The first-order valence-corrected chi connectivity index (χ1v) is 8.89. The van der Waals surface area contributed by atoms with Crippen molar-refractivity contribution in [3.05, 3.63) is 47.5 Å². The van der Waals surface area contributed by atoms with Crippen molar-refractivity contribution in [2.75, 3.05) is 26.9 Å². The number of hydrogen-bond acceptors (Lipinski definition) is 5. The van der Waals surface area contributed by atoms with Crippen LogP contribution >= 0.6 is 0 Å². The number of nitrogens with one attached hydrogen (secondary N) is 2. The molecule has 144 valence electrons. The van der Waals surface area contributed by atoms with Gasteiger partial charge in [-0.3, -0.25) is 0 Å². The van der Waals surface area contributed by atoms with Crippen LogP contribution in [0.15, 0.2) is 36.4 Å². The van der Waals surface area contributed by atoms with Crippen LogP contribution in [0.2, 0.25) is 0 Å². The Morgan fingerprint density at radius 3 is 2.33 bits per heavy atom. The summed E-state index contributed by atoms with van der Waals surface area (Å²) in [7, 11) is 1.59. The summed E-state index contributed by atoms with van der Waals surface area (Å²) < 4.78 is 21.9. The van der Waals surface area contributed by atoms with Gasteiger partial charge in [0.1, 0.15) is 13.2 Å². The summed E-state index contributed by atoms with van der Waals surface area (Å²) in [5.41, 5.74) is 1.86. The third-order valence-corrected chi connectivity index (χ3v) is 4.04. The van der Waals surface area contributed by atoms with Gasteiger partial charge in [-0.25, -0.2) is 4.79 Å². The number of fused-ring (bicyclic) bond motifs is 1. The van der Waals surface area contributed by atoms with Crippen molar-refractivity contribution >= 4 is 6.03 Å². The highest BCUT2D eigenvalue weighted by atomic mass is 16.6. The summed E-state index contributed by atoms with van der Waals surface area (Å²) in [6, 6.07) is 11.0. The number of amides is 2. The van der Waals surface area contributed by atoms with Gasteiger partial charge in [-0.2, -0.15) is 0 Å². The smallest absolute Gasteiger partial charge is 0.315 e. The summed E-state index contributed by atoms with van der Waals surface area (Å²) in [6.45, 7) is 4.36. The maximum absolute atomic E-state index is 12.1. The Labute approximate surface area is 158 Å². The minimum Gasteiger partial charge on any atom is -0.493 e. The zero-order valence-electron chi connectivity index (χ0n) is 15.5. The number of hydrogen-bond donors (Lipinski definition) is 2. The lowest BCUT2D eigenvalue weighted by Gasteiger charge is -2.19. The standard InChI is InChI=1S/C20H24N2O5/c1-3-25-16-6-4-14(10-18(16)24-2)12-21-20(23)22-13-15-5-7-17-19(11-15)27-9-8-26-17/h4-7,10-11H,3,8-9,12-13H2,1-2H3,(H2,21,22,23). The highest BCUT2D eigenvalue weighted by molar-refractivity contribution is 5.73. The lowest BCUT2D eigenvalue weighted by Crippen LogP contribution is -2.34. The molecule has 0 aliphatic carbocycles. The molecule has 0 aromatic heterocycles. The van der Waals surface area contributed by atoms with Gasteiger partial charge < -0.3 is 29.6 Å². The van der Waals surface area contributed by atoms with Gasteiger partial charge >= 0.3 is 6.03 Å². The highest BCUT2D eigenvalue weighted by Crippen LogP contribution is 2.30. The Morgan fingerprint density at radius 1 is 0.963 bits per heavy atom. The van der Waals surface area contributed by atoms with Crippen LogP contribution in [0.4, 0.5) is 4.79 Å². The molecule has 7 heteroatoms. The molecule has 0 saturated carbocycles. The molecule has 2 amide bonds. The molecule has 0 unspecified atom stereocenters. The van der Waals surface area contributed by atoms with Crippen molar-refractivity contribution < 1.29 is 23.7 Å². The van der Waals surface area contributed by atoms with E-state index < -0.39 is 0 Å². The fraction of sp³-hybridized carbons (Fsp3) is 0.350. The fourth-order valence-electron chi connectivity index (χ4n) is 2.72. The molecule has 7 nitrogen and oxygen atoms in total. The van der Waals surface area contributed by atoms with E-state index in [-0.39, 0.29) is 6.03 Å². The summed E-state index contributed by atoms with van der Waals surface area (Å²) in [5, 5.41) is 5.67. The topological polar surface area (TPSA) is 78.1 Å². The highest BCUT2D eigenvalue weighted by Gasteiger charge is 2.12. The lowest BCUT2D eigenvalue weighted by molar-refractivity contribution is 0.171. The molecule has 2 aromatic carbocycles. The molecule has 1 aliphatic heterocycles. The molecular formula is C20H24N2O5. The van der Waals surface area contributed by atoms with Gasteiger partial charge in [0.25, 0.3) is 0 Å². The van der Waals surface area contributed by atoms with Crippen molar-refractivity contribution in [2.45, 2.75) is 20.0 Å². The second-order valence-electron chi connectivity index (χ2n) is 5.93. The number of urea groups is 1.